The molecular formula is C16H33N3O. The molecule has 20 heavy (non-hydrogen) atoms. The van der Waals surface area contributed by atoms with Crippen molar-refractivity contribution in [3.8, 4) is 0 Å². The van der Waals surface area contributed by atoms with Crippen molar-refractivity contribution in [2.24, 2.45) is 4.99 Å². The molecule has 4 nitrogen and oxygen atoms in total. The predicted molar refractivity (Wildman–Crippen MR) is 86.3 cm³/mol. The lowest BCUT2D eigenvalue weighted by molar-refractivity contribution is -0.0624. The van der Waals surface area contributed by atoms with Crippen molar-refractivity contribution >= 4 is 5.96 Å². The van der Waals surface area contributed by atoms with Crippen LogP contribution in [0.5, 0.6) is 0 Å². The van der Waals surface area contributed by atoms with Gasteiger partial charge in [0.2, 0.25) is 0 Å². The van der Waals surface area contributed by atoms with Gasteiger partial charge in [-0.15, -0.1) is 0 Å². The lowest BCUT2D eigenvalue weighted by Crippen LogP contribution is -2.44. The molecule has 1 rings (SSSR count). The molecule has 0 amide bonds. The number of rotatable bonds is 7. The van der Waals surface area contributed by atoms with E-state index in [-0.39, 0.29) is 5.60 Å². The molecule has 0 bridgehead atoms. The minimum Gasteiger partial charge on any atom is -0.373 e. The fraction of sp³-hybridized carbons (Fsp3) is 0.938. The molecule has 0 radical (unpaired) electrons. The van der Waals surface area contributed by atoms with Gasteiger partial charge in [0.05, 0.1) is 12.1 Å². The van der Waals surface area contributed by atoms with Crippen LogP contribution in [0.25, 0.3) is 0 Å². The number of hydrogen-bond acceptors (Lipinski definition) is 2. The molecule has 1 aliphatic carbocycles. The topological polar surface area (TPSA) is 45.6 Å². The largest absolute Gasteiger partial charge is 0.373 e. The van der Waals surface area contributed by atoms with Crippen molar-refractivity contribution in [3.05, 3.63) is 0 Å². The summed E-state index contributed by atoms with van der Waals surface area (Å²) in [6.45, 7) is 11.1. The van der Waals surface area contributed by atoms with E-state index >= 15 is 0 Å². The van der Waals surface area contributed by atoms with Crippen molar-refractivity contribution in [1.29, 1.82) is 0 Å². The Labute approximate surface area is 124 Å². The Hall–Kier alpha value is -0.770. The van der Waals surface area contributed by atoms with Crippen LogP contribution in [-0.4, -0.2) is 37.3 Å². The minimum atomic E-state index is -0.0202. The second-order valence-electron chi connectivity index (χ2n) is 6.09. The molecule has 0 aliphatic heterocycles. The second-order valence-corrected chi connectivity index (χ2v) is 6.09. The Morgan fingerprint density at radius 1 is 1.20 bits per heavy atom. The van der Waals surface area contributed by atoms with E-state index in [1.807, 2.05) is 0 Å². The van der Waals surface area contributed by atoms with Crippen LogP contribution in [-0.2, 0) is 4.74 Å². The Kier molecular flexibility index (Phi) is 7.97. The fourth-order valence-corrected chi connectivity index (χ4v) is 2.68. The van der Waals surface area contributed by atoms with Gasteiger partial charge in [-0.3, -0.25) is 4.99 Å². The summed E-state index contributed by atoms with van der Waals surface area (Å²) in [6, 6.07) is 0.395. The molecule has 0 unspecified atom stereocenters. The van der Waals surface area contributed by atoms with Gasteiger partial charge in [0.1, 0.15) is 0 Å². The molecular weight excluding hydrogens is 250 g/mol. The average Bonchev–Trinajstić information content (AvgIpc) is 2.44. The molecule has 0 heterocycles. The summed E-state index contributed by atoms with van der Waals surface area (Å²) in [4.78, 5) is 4.77. The first-order valence-electron chi connectivity index (χ1n) is 8.30. The van der Waals surface area contributed by atoms with Crippen molar-refractivity contribution < 1.29 is 4.74 Å². The first-order chi connectivity index (χ1) is 9.62. The van der Waals surface area contributed by atoms with Crippen LogP contribution in [0.15, 0.2) is 4.99 Å². The third kappa shape index (κ3) is 6.12. The molecule has 0 saturated heterocycles. The highest BCUT2D eigenvalue weighted by Crippen LogP contribution is 2.32. The summed E-state index contributed by atoms with van der Waals surface area (Å²) in [7, 11) is 0. The normalized spacial score (nSPS) is 19.1. The van der Waals surface area contributed by atoms with Crippen LogP contribution >= 0.6 is 0 Å². The number of ether oxygens (including phenoxy) is 1. The van der Waals surface area contributed by atoms with E-state index in [1.165, 1.54) is 19.3 Å². The fourth-order valence-electron chi connectivity index (χ4n) is 2.68. The highest BCUT2D eigenvalue weighted by atomic mass is 16.5. The Morgan fingerprint density at radius 2 is 1.90 bits per heavy atom. The highest BCUT2D eigenvalue weighted by molar-refractivity contribution is 5.80. The zero-order valence-electron chi connectivity index (χ0n) is 13.8. The van der Waals surface area contributed by atoms with Gasteiger partial charge in [0.25, 0.3) is 0 Å². The van der Waals surface area contributed by atoms with E-state index in [9.17, 15) is 0 Å². The lowest BCUT2D eigenvalue weighted by atomic mass is 9.84. The van der Waals surface area contributed by atoms with E-state index in [4.69, 9.17) is 9.73 Å². The number of hydrogen-bond donors (Lipinski definition) is 2. The van der Waals surface area contributed by atoms with E-state index in [1.54, 1.807) is 0 Å². The second kappa shape index (κ2) is 9.22. The Bertz CT molecular complexity index is 283. The third-order valence-electron chi connectivity index (χ3n) is 3.67. The molecule has 118 valence electrons. The maximum absolute atomic E-state index is 6.19. The van der Waals surface area contributed by atoms with Gasteiger partial charge in [-0.25, -0.2) is 0 Å². The summed E-state index contributed by atoms with van der Waals surface area (Å²) >= 11 is 0. The number of guanidine groups is 1. The third-order valence-corrected chi connectivity index (χ3v) is 3.67. The van der Waals surface area contributed by atoms with Crippen LogP contribution in [0.1, 0.15) is 66.2 Å². The van der Waals surface area contributed by atoms with Crippen molar-refractivity contribution in [2.45, 2.75) is 77.9 Å². The SMILES string of the molecule is CCCOC1(CN=C(NCC)NC(C)C)CCCCC1. The maximum atomic E-state index is 6.19. The van der Waals surface area contributed by atoms with Gasteiger partial charge in [0.15, 0.2) is 5.96 Å². The van der Waals surface area contributed by atoms with Crippen LogP contribution in [0.2, 0.25) is 0 Å². The van der Waals surface area contributed by atoms with E-state index in [0.29, 0.717) is 6.04 Å². The first kappa shape index (κ1) is 17.3. The smallest absolute Gasteiger partial charge is 0.191 e. The van der Waals surface area contributed by atoms with Gasteiger partial charge in [-0.1, -0.05) is 26.2 Å². The van der Waals surface area contributed by atoms with Gasteiger partial charge in [-0.2, -0.15) is 0 Å². The number of aliphatic imine (C=N–C) groups is 1. The molecule has 0 atom stereocenters. The summed E-state index contributed by atoms with van der Waals surface area (Å²) in [5.41, 5.74) is -0.0202. The van der Waals surface area contributed by atoms with E-state index in [2.05, 4.69) is 38.3 Å². The quantitative estimate of drug-likeness (QED) is 0.557. The van der Waals surface area contributed by atoms with Gasteiger partial charge in [0, 0.05) is 19.2 Å². The monoisotopic (exact) mass is 283 g/mol. The lowest BCUT2D eigenvalue weighted by Gasteiger charge is -2.36. The molecule has 4 heteroatoms. The van der Waals surface area contributed by atoms with Crippen LogP contribution in [0.4, 0.5) is 0 Å². The molecule has 2 N–H and O–H groups in total. The molecule has 0 aromatic rings. The standard InChI is InChI=1S/C16H33N3O/c1-5-12-20-16(10-8-7-9-11-16)13-18-15(17-6-2)19-14(3)4/h14H,5-13H2,1-4H3,(H2,17,18,19). The summed E-state index contributed by atoms with van der Waals surface area (Å²) in [5.74, 6) is 0.910. The number of nitrogens with one attached hydrogen (secondary N) is 2. The van der Waals surface area contributed by atoms with Crippen molar-refractivity contribution in [1.82, 2.24) is 10.6 Å². The maximum Gasteiger partial charge on any atom is 0.191 e. The Morgan fingerprint density at radius 3 is 2.45 bits per heavy atom. The average molecular weight is 283 g/mol. The zero-order chi connectivity index (χ0) is 14.8. The Balaban J connectivity index is 2.65. The van der Waals surface area contributed by atoms with Crippen molar-refractivity contribution in [3.63, 3.8) is 0 Å². The molecule has 0 spiro atoms. The minimum absolute atomic E-state index is 0.0202. The van der Waals surface area contributed by atoms with Crippen LogP contribution < -0.4 is 10.6 Å². The van der Waals surface area contributed by atoms with Gasteiger partial charge < -0.3 is 15.4 Å². The van der Waals surface area contributed by atoms with Gasteiger partial charge in [-0.05, 0) is 40.0 Å². The van der Waals surface area contributed by atoms with Crippen LogP contribution in [0, 0.1) is 0 Å². The zero-order valence-corrected chi connectivity index (χ0v) is 13.8. The van der Waals surface area contributed by atoms with Crippen LogP contribution in [0.3, 0.4) is 0 Å². The summed E-state index contributed by atoms with van der Waals surface area (Å²) < 4.78 is 6.19. The molecule has 1 fully saturated rings. The molecule has 1 aliphatic rings. The predicted octanol–water partition coefficient (Wildman–Crippen LogP) is 3.08. The molecule has 0 aromatic heterocycles. The highest BCUT2D eigenvalue weighted by Gasteiger charge is 2.32. The molecule has 0 aromatic carbocycles. The summed E-state index contributed by atoms with van der Waals surface area (Å²) in [6.07, 6.45) is 7.26. The molecule has 1 saturated carbocycles. The van der Waals surface area contributed by atoms with Crippen molar-refractivity contribution in [2.75, 3.05) is 19.7 Å². The first-order valence-corrected chi connectivity index (χ1v) is 8.30. The number of nitrogens with zero attached hydrogens (tertiary/aromatic N) is 1. The van der Waals surface area contributed by atoms with Gasteiger partial charge >= 0.3 is 0 Å². The van der Waals surface area contributed by atoms with E-state index < -0.39 is 0 Å². The van der Waals surface area contributed by atoms with E-state index in [0.717, 1.165) is 44.9 Å². The summed E-state index contributed by atoms with van der Waals surface area (Å²) in [5, 5.41) is 6.69.